The Labute approximate surface area is 127 Å². The quantitative estimate of drug-likeness (QED) is 0.812. The van der Waals surface area contributed by atoms with Gasteiger partial charge in [-0.3, -0.25) is 9.59 Å². The molecule has 0 aromatic heterocycles. The molecule has 0 spiro atoms. The van der Waals surface area contributed by atoms with Gasteiger partial charge in [0.05, 0.1) is 0 Å². The molecule has 2 fully saturated rings. The first-order valence-electron chi connectivity index (χ1n) is 7.96. The molecule has 3 atom stereocenters. The van der Waals surface area contributed by atoms with Crippen molar-refractivity contribution in [2.24, 2.45) is 5.92 Å². The summed E-state index contributed by atoms with van der Waals surface area (Å²) in [5.74, 6) is 0.327. The number of carbonyl (C=O) groups is 2. The van der Waals surface area contributed by atoms with E-state index in [0.29, 0.717) is 13.0 Å². The summed E-state index contributed by atoms with van der Waals surface area (Å²) in [5.41, 5.74) is -1.49. The van der Waals surface area contributed by atoms with Crippen molar-refractivity contribution in [3.8, 4) is 0 Å². The Kier molecular flexibility index (Phi) is 4.34. The monoisotopic (exact) mass is 296 g/mol. The van der Waals surface area contributed by atoms with Gasteiger partial charge < -0.3 is 15.0 Å². The number of rotatable bonds is 6. The minimum absolute atomic E-state index is 0.00785. The molecule has 0 aromatic carbocycles. The number of hydrogen-bond donors (Lipinski definition) is 1. The summed E-state index contributed by atoms with van der Waals surface area (Å²) in [7, 11) is 1.66. The molecule has 2 amide bonds. The van der Waals surface area contributed by atoms with Crippen molar-refractivity contribution in [1.82, 2.24) is 10.2 Å². The van der Waals surface area contributed by atoms with Crippen LogP contribution in [-0.4, -0.2) is 47.6 Å². The molecule has 2 aliphatic rings. The summed E-state index contributed by atoms with van der Waals surface area (Å²) in [5, 5.41) is 3.03. The largest absolute Gasteiger partial charge is 0.385 e. The lowest BCUT2D eigenvalue weighted by Crippen LogP contribution is -2.76. The van der Waals surface area contributed by atoms with E-state index in [4.69, 9.17) is 4.74 Å². The van der Waals surface area contributed by atoms with Gasteiger partial charge in [0.2, 0.25) is 11.8 Å². The maximum absolute atomic E-state index is 13.1. The van der Waals surface area contributed by atoms with E-state index in [1.54, 1.807) is 7.11 Å². The molecule has 120 valence electrons. The molecule has 0 radical (unpaired) electrons. The van der Waals surface area contributed by atoms with E-state index in [0.717, 1.165) is 19.3 Å². The van der Waals surface area contributed by atoms with Crippen molar-refractivity contribution in [3.63, 3.8) is 0 Å². The summed E-state index contributed by atoms with van der Waals surface area (Å²) in [4.78, 5) is 27.6. The van der Waals surface area contributed by atoms with Crippen molar-refractivity contribution in [3.05, 3.63) is 0 Å². The lowest BCUT2D eigenvalue weighted by Gasteiger charge is -2.52. The van der Waals surface area contributed by atoms with E-state index in [1.165, 1.54) is 0 Å². The molecule has 1 heterocycles. The Balaban J connectivity index is 2.33. The molecular formula is C16H28N2O3. The van der Waals surface area contributed by atoms with Crippen molar-refractivity contribution in [2.45, 2.75) is 70.5 Å². The Hall–Kier alpha value is -1.10. The van der Waals surface area contributed by atoms with E-state index in [2.05, 4.69) is 5.32 Å². The summed E-state index contributed by atoms with van der Waals surface area (Å²) >= 11 is 0. The Morgan fingerprint density at radius 1 is 1.38 bits per heavy atom. The first kappa shape index (κ1) is 16.3. The van der Waals surface area contributed by atoms with Crippen LogP contribution in [0.4, 0.5) is 0 Å². The van der Waals surface area contributed by atoms with E-state index in [-0.39, 0.29) is 23.8 Å². The zero-order valence-electron chi connectivity index (χ0n) is 13.9. The third kappa shape index (κ3) is 2.56. The van der Waals surface area contributed by atoms with E-state index in [1.807, 2.05) is 32.6 Å². The number of amides is 2. The average molecular weight is 296 g/mol. The molecule has 5 heteroatoms. The highest BCUT2D eigenvalue weighted by Crippen LogP contribution is 2.44. The Bertz CT molecular complexity index is 435. The molecule has 21 heavy (non-hydrogen) atoms. The van der Waals surface area contributed by atoms with E-state index in [9.17, 15) is 9.59 Å². The van der Waals surface area contributed by atoms with E-state index < -0.39 is 11.1 Å². The second-order valence-corrected chi connectivity index (χ2v) is 6.86. The topological polar surface area (TPSA) is 58.6 Å². The van der Waals surface area contributed by atoms with Crippen molar-refractivity contribution >= 4 is 11.8 Å². The minimum atomic E-state index is -0.765. The predicted octanol–water partition coefficient (Wildman–Crippen LogP) is 1.71. The first-order chi connectivity index (χ1) is 9.81. The maximum Gasteiger partial charge on any atom is 0.249 e. The molecule has 5 nitrogen and oxygen atoms in total. The number of piperazine rings is 1. The van der Waals surface area contributed by atoms with Crippen LogP contribution < -0.4 is 5.32 Å². The van der Waals surface area contributed by atoms with Gasteiger partial charge in [-0.1, -0.05) is 6.92 Å². The lowest BCUT2D eigenvalue weighted by molar-refractivity contribution is -0.166. The number of nitrogens with zero attached hydrogens (tertiary/aromatic N) is 1. The highest BCUT2D eigenvalue weighted by Gasteiger charge is 2.59. The number of ether oxygens (including phenoxy) is 1. The minimum Gasteiger partial charge on any atom is -0.385 e. The first-order valence-corrected chi connectivity index (χ1v) is 7.96. The van der Waals surface area contributed by atoms with E-state index >= 15 is 0 Å². The zero-order chi connectivity index (χ0) is 15.8. The van der Waals surface area contributed by atoms with Gasteiger partial charge in [0.25, 0.3) is 0 Å². The molecular weight excluding hydrogens is 268 g/mol. The van der Waals surface area contributed by atoms with Gasteiger partial charge in [0.1, 0.15) is 11.1 Å². The molecule has 1 N–H and O–H groups in total. The highest BCUT2D eigenvalue weighted by molar-refractivity contribution is 6.02. The number of nitrogens with one attached hydrogen (secondary N) is 1. The smallest absolute Gasteiger partial charge is 0.249 e. The molecule has 0 aromatic rings. The van der Waals surface area contributed by atoms with Gasteiger partial charge in [0, 0.05) is 19.8 Å². The van der Waals surface area contributed by atoms with Crippen molar-refractivity contribution in [2.75, 3.05) is 13.7 Å². The fourth-order valence-electron chi connectivity index (χ4n) is 3.38. The standard InChI is InChI=1S/C16H28N2O3/c1-6-15(3)13(19)17-16(4,12-7-8-12)14(20)18(15)11(2)9-10-21-5/h11-12H,6-10H2,1-5H3,(H,17,19). The molecule has 1 aliphatic heterocycles. The average Bonchev–Trinajstić information content (AvgIpc) is 3.28. The van der Waals surface area contributed by atoms with Crippen LogP contribution in [0.15, 0.2) is 0 Å². The van der Waals surface area contributed by atoms with Gasteiger partial charge in [-0.05, 0) is 52.4 Å². The van der Waals surface area contributed by atoms with Crippen LogP contribution in [0.2, 0.25) is 0 Å². The van der Waals surface area contributed by atoms with Crippen LogP contribution in [-0.2, 0) is 14.3 Å². The Morgan fingerprint density at radius 2 is 2.00 bits per heavy atom. The number of carbonyl (C=O) groups excluding carboxylic acids is 2. The van der Waals surface area contributed by atoms with Crippen LogP contribution in [0.5, 0.6) is 0 Å². The highest BCUT2D eigenvalue weighted by atomic mass is 16.5. The van der Waals surface area contributed by atoms with Gasteiger partial charge in [-0.25, -0.2) is 0 Å². The van der Waals surface area contributed by atoms with Gasteiger partial charge in [0.15, 0.2) is 0 Å². The fraction of sp³-hybridized carbons (Fsp3) is 0.875. The molecule has 0 bridgehead atoms. The second-order valence-electron chi connectivity index (χ2n) is 6.86. The van der Waals surface area contributed by atoms with Crippen molar-refractivity contribution < 1.29 is 14.3 Å². The fourth-order valence-corrected chi connectivity index (χ4v) is 3.38. The van der Waals surface area contributed by atoms with Gasteiger partial charge >= 0.3 is 0 Å². The van der Waals surface area contributed by atoms with Crippen molar-refractivity contribution in [1.29, 1.82) is 0 Å². The summed E-state index contributed by atoms with van der Waals surface area (Å²) in [6, 6.07) is -0.00785. The second kappa shape index (κ2) is 5.59. The molecule has 2 rings (SSSR count). The van der Waals surface area contributed by atoms with Gasteiger partial charge in [-0.15, -0.1) is 0 Å². The lowest BCUT2D eigenvalue weighted by atomic mass is 9.81. The molecule has 1 saturated heterocycles. The molecule has 3 unspecified atom stereocenters. The zero-order valence-corrected chi connectivity index (χ0v) is 13.9. The van der Waals surface area contributed by atoms with Crippen LogP contribution in [0.3, 0.4) is 0 Å². The number of hydrogen-bond acceptors (Lipinski definition) is 3. The third-order valence-electron chi connectivity index (χ3n) is 5.32. The third-order valence-corrected chi connectivity index (χ3v) is 5.32. The normalized spacial score (nSPS) is 34.8. The Morgan fingerprint density at radius 3 is 2.48 bits per heavy atom. The molecule has 1 aliphatic carbocycles. The summed E-state index contributed by atoms with van der Waals surface area (Å²) < 4.78 is 5.14. The summed E-state index contributed by atoms with van der Waals surface area (Å²) in [6.45, 7) is 8.32. The van der Waals surface area contributed by atoms with Crippen LogP contribution in [0.1, 0.15) is 53.4 Å². The predicted molar refractivity (Wildman–Crippen MR) is 80.8 cm³/mol. The maximum atomic E-state index is 13.1. The van der Waals surface area contributed by atoms with Crippen LogP contribution >= 0.6 is 0 Å². The SMILES string of the molecule is CCC1(C)C(=O)NC(C)(C2CC2)C(=O)N1C(C)CCOC. The number of methoxy groups -OCH3 is 1. The summed E-state index contributed by atoms with van der Waals surface area (Å²) in [6.07, 6.45) is 3.39. The van der Waals surface area contributed by atoms with Gasteiger partial charge in [-0.2, -0.15) is 0 Å². The van der Waals surface area contributed by atoms with Crippen LogP contribution in [0, 0.1) is 5.92 Å². The molecule has 1 saturated carbocycles. The van der Waals surface area contributed by atoms with Crippen LogP contribution in [0.25, 0.3) is 0 Å².